The summed E-state index contributed by atoms with van der Waals surface area (Å²) in [6, 6.07) is 3.86. The first kappa shape index (κ1) is 14.1. The van der Waals surface area contributed by atoms with Crippen LogP contribution in [-0.4, -0.2) is 42.4 Å². The molecule has 1 aromatic heterocycles. The molecule has 1 amide bonds. The van der Waals surface area contributed by atoms with Gasteiger partial charge in [0.25, 0.3) is 0 Å². The fraction of sp³-hybridized carbons (Fsp3) is 0.667. The molecule has 0 aromatic carbocycles. The number of likely N-dealkylation sites (tertiary alicyclic amines) is 1. The first-order chi connectivity index (χ1) is 9.04. The van der Waals surface area contributed by atoms with E-state index in [9.17, 15) is 4.79 Å². The number of rotatable bonds is 4. The van der Waals surface area contributed by atoms with E-state index in [0.29, 0.717) is 19.0 Å². The third kappa shape index (κ3) is 4.10. The zero-order chi connectivity index (χ0) is 13.8. The van der Waals surface area contributed by atoms with Gasteiger partial charge in [0.05, 0.1) is 13.1 Å². The van der Waals surface area contributed by atoms with E-state index in [1.807, 2.05) is 26.1 Å². The van der Waals surface area contributed by atoms with Crippen LogP contribution in [0.15, 0.2) is 16.5 Å². The van der Waals surface area contributed by atoms with Crippen LogP contribution >= 0.6 is 0 Å². The lowest BCUT2D eigenvalue weighted by atomic mass is 10.0. The molecule has 1 fully saturated rings. The van der Waals surface area contributed by atoms with Crippen molar-refractivity contribution in [3.63, 3.8) is 0 Å². The van der Waals surface area contributed by atoms with Crippen molar-refractivity contribution in [3.8, 4) is 0 Å². The van der Waals surface area contributed by atoms with Gasteiger partial charge >= 0.3 is 0 Å². The minimum Gasteiger partial charge on any atom is -0.464 e. The van der Waals surface area contributed by atoms with Crippen LogP contribution in [0.4, 0.5) is 0 Å². The molecule has 2 rings (SSSR count). The van der Waals surface area contributed by atoms with Crippen molar-refractivity contribution in [2.24, 2.45) is 5.92 Å². The van der Waals surface area contributed by atoms with Gasteiger partial charge in [0.15, 0.2) is 0 Å². The highest BCUT2D eigenvalue weighted by molar-refractivity contribution is 5.77. The van der Waals surface area contributed by atoms with Gasteiger partial charge in [-0.05, 0) is 44.4 Å². The Kier molecular flexibility index (Phi) is 4.64. The number of carbonyl (C=O) groups excluding carboxylic acids is 1. The molecule has 2 heterocycles. The molecule has 0 aliphatic carbocycles. The van der Waals surface area contributed by atoms with E-state index in [2.05, 4.69) is 11.8 Å². The van der Waals surface area contributed by atoms with Crippen LogP contribution in [0.5, 0.6) is 0 Å². The Bertz CT molecular complexity index is 428. The summed E-state index contributed by atoms with van der Waals surface area (Å²) in [5.41, 5.74) is 0. The van der Waals surface area contributed by atoms with Crippen LogP contribution in [0.1, 0.15) is 31.3 Å². The van der Waals surface area contributed by atoms with Crippen molar-refractivity contribution in [1.82, 2.24) is 9.80 Å². The van der Waals surface area contributed by atoms with Crippen molar-refractivity contribution in [1.29, 1.82) is 0 Å². The summed E-state index contributed by atoms with van der Waals surface area (Å²) in [6.45, 7) is 7.34. The molecule has 19 heavy (non-hydrogen) atoms. The second-order valence-corrected chi connectivity index (χ2v) is 5.74. The van der Waals surface area contributed by atoms with Gasteiger partial charge in [-0.25, -0.2) is 0 Å². The molecule has 1 atom stereocenters. The fourth-order valence-electron chi connectivity index (χ4n) is 2.63. The van der Waals surface area contributed by atoms with Gasteiger partial charge in [0, 0.05) is 13.6 Å². The summed E-state index contributed by atoms with van der Waals surface area (Å²) in [6.07, 6.45) is 2.49. The van der Waals surface area contributed by atoms with Crippen LogP contribution in [0.3, 0.4) is 0 Å². The van der Waals surface area contributed by atoms with E-state index < -0.39 is 0 Å². The second kappa shape index (κ2) is 6.24. The van der Waals surface area contributed by atoms with Crippen LogP contribution in [0.25, 0.3) is 0 Å². The Hall–Kier alpha value is -1.29. The van der Waals surface area contributed by atoms with E-state index in [-0.39, 0.29) is 5.91 Å². The van der Waals surface area contributed by atoms with E-state index in [0.717, 1.165) is 24.6 Å². The van der Waals surface area contributed by atoms with Gasteiger partial charge < -0.3 is 9.32 Å². The number of aryl methyl sites for hydroxylation is 1. The lowest BCUT2D eigenvalue weighted by Gasteiger charge is -2.31. The molecule has 4 heteroatoms. The van der Waals surface area contributed by atoms with Crippen LogP contribution in [0.2, 0.25) is 0 Å². The van der Waals surface area contributed by atoms with E-state index >= 15 is 0 Å². The number of hydrogen-bond acceptors (Lipinski definition) is 3. The molecule has 1 aliphatic rings. The number of furan rings is 1. The summed E-state index contributed by atoms with van der Waals surface area (Å²) in [5, 5.41) is 0. The third-order valence-electron chi connectivity index (χ3n) is 3.71. The molecule has 1 unspecified atom stereocenters. The number of piperidine rings is 1. The summed E-state index contributed by atoms with van der Waals surface area (Å²) in [7, 11) is 1.84. The molecule has 1 aliphatic heterocycles. The summed E-state index contributed by atoms with van der Waals surface area (Å²) in [5.74, 6) is 2.61. The monoisotopic (exact) mass is 264 g/mol. The molecule has 4 nitrogen and oxygen atoms in total. The maximum absolute atomic E-state index is 12.2. The standard InChI is InChI=1S/C15H24N2O2/c1-12-5-4-8-17(9-12)11-15(18)16(3)10-14-7-6-13(2)19-14/h6-7,12H,4-5,8-11H2,1-3H3. The average molecular weight is 264 g/mol. The largest absolute Gasteiger partial charge is 0.464 e. The Morgan fingerprint density at radius 2 is 2.32 bits per heavy atom. The number of hydrogen-bond donors (Lipinski definition) is 0. The van der Waals surface area contributed by atoms with Gasteiger partial charge in [-0.3, -0.25) is 9.69 Å². The third-order valence-corrected chi connectivity index (χ3v) is 3.71. The zero-order valence-electron chi connectivity index (χ0n) is 12.2. The summed E-state index contributed by atoms with van der Waals surface area (Å²) >= 11 is 0. The number of carbonyl (C=O) groups is 1. The van der Waals surface area contributed by atoms with Crippen molar-refractivity contribution in [2.75, 3.05) is 26.7 Å². The van der Waals surface area contributed by atoms with Gasteiger partial charge in [0.2, 0.25) is 5.91 Å². The smallest absolute Gasteiger partial charge is 0.236 e. The first-order valence-electron chi connectivity index (χ1n) is 7.06. The van der Waals surface area contributed by atoms with Crippen LogP contribution in [-0.2, 0) is 11.3 Å². The molecule has 0 saturated carbocycles. The SMILES string of the molecule is Cc1ccc(CN(C)C(=O)CN2CCCC(C)C2)o1. The molecule has 1 saturated heterocycles. The van der Waals surface area contributed by atoms with E-state index in [1.165, 1.54) is 12.8 Å². The maximum atomic E-state index is 12.2. The Balaban J connectivity index is 1.81. The normalized spacial score (nSPS) is 20.5. The highest BCUT2D eigenvalue weighted by Gasteiger charge is 2.20. The van der Waals surface area contributed by atoms with Crippen molar-refractivity contribution >= 4 is 5.91 Å². The van der Waals surface area contributed by atoms with Crippen molar-refractivity contribution < 1.29 is 9.21 Å². The quantitative estimate of drug-likeness (QED) is 0.837. The zero-order valence-corrected chi connectivity index (χ0v) is 12.2. The van der Waals surface area contributed by atoms with E-state index in [4.69, 9.17) is 4.42 Å². The predicted octanol–water partition coefficient (Wildman–Crippen LogP) is 2.28. The molecule has 0 bridgehead atoms. The average Bonchev–Trinajstić information content (AvgIpc) is 2.74. The molecule has 1 aromatic rings. The number of amides is 1. The molecule has 0 radical (unpaired) electrons. The molecule has 0 N–H and O–H groups in total. The maximum Gasteiger partial charge on any atom is 0.236 e. The van der Waals surface area contributed by atoms with Gasteiger partial charge in [-0.1, -0.05) is 6.92 Å². The Labute approximate surface area is 115 Å². The minimum atomic E-state index is 0.170. The summed E-state index contributed by atoms with van der Waals surface area (Å²) < 4.78 is 5.50. The predicted molar refractivity (Wildman–Crippen MR) is 74.8 cm³/mol. The Morgan fingerprint density at radius 3 is 2.95 bits per heavy atom. The van der Waals surface area contributed by atoms with Gasteiger partial charge in [-0.15, -0.1) is 0 Å². The molecular formula is C15H24N2O2. The highest BCUT2D eigenvalue weighted by atomic mass is 16.3. The lowest BCUT2D eigenvalue weighted by molar-refractivity contribution is -0.132. The summed E-state index contributed by atoms with van der Waals surface area (Å²) in [4.78, 5) is 16.2. The van der Waals surface area contributed by atoms with E-state index in [1.54, 1.807) is 4.90 Å². The minimum absolute atomic E-state index is 0.170. The Morgan fingerprint density at radius 1 is 1.53 bits per heavy atom. The molecule has 106 valence electrons. The van der Waals surface area contributed by atoms with Crippen molar-refractivity contribution in [2.45, 2.75) is 33.2 Å². The van der Waals surface area contributed by atoms with Gasteiger partial charge in [0.1, 0.15) is 11.5 Å². The van der Waals surface area contributed by atoms with Crippen molar-refractivity contribution in [3.05, 3.63) is 23.7 Å². The van der Waals surface area contributed by atoms with Gasteiger partial charge in [-0.2, -0.15) is 0 Å². The molecular weight excluding hydrogens is 240 g/mol. The number of likely N-dealkylation sites (N-methyl/N-ethyl adjacent to an activating group) is 1. The highest BCUT2D eigenvalue weighted by Crippen LogP contribution is 2.15. The molecule has 0 spiro atoms. The van der Waals surface area contributed by atoms with Crippen LogP contribution < -0.4 is 0 Å². The first-order valence-corrected chi connectivity index (χ1v) is 7.06. The fourth-order valence-corrected chi connectivity index (χ4v) is 2.63. The van der Waals surface area contributed by atoms with Crippen LogP contribution in [0, 0.1) is 12.8 Å². The second-order valence-electron chi connectivity index (χ2n) is 5.74. The topological polar surface area (TPSA) is 36.7 Å². The number of nitrogens with zero attached hydrogens (tertiary/aromatic N) is 2. The lowest BCUT2D eigenvalue weighted by Crippen LogP contribution is -2.42.